The molecule has 0 unspecified atom stereocenters. The minimum atomic E-state index is -0.999. The van der Waals surface area contributed by atoms with Gasteiger partial charge in [0.15, 0.2) is 0 Å². The maximum atomic E-state index is 12.4. The minimum absolute atomic E-state index is 0.125. The van der Waals surface area contributed by atoms with E-state index < -0.39 is 5.97 Å². The third-order valence-electron chi connectivity index (χ3n) is 4.48. The van der Waals surface area contributed by atoms with Crippen LogP contribution in [0.3, 0.4) is 0 Å². The number of anilines is 1. The number of carboxylic acids is 1. The molecule has 0 bridgehead atoms. The number of aromatic nitrogens is 2. The largest absolute Gasteiger partial charge is 0.478 e. The lowest BCUT2D eigenvalue weighted by molar-refractivity contribution is -0.131. The van der Waals surface area contributed by atoms with Crippen LogP contribution in [0.5, 0.6) is 0 Å². The molecule has 6 nitrogen and oxygen atoms in total. The van der Waals surface area contributed by atoms with Crippen molar-refractivity contribution < 1.29 is 14.7 Å². The van der Waals surface area contributed by atoms with Crippen molar-refractivity contribution in [2.75, 3.05) is 11.1 Å². The van der Waals surface area contributed by atoms with Crippen molar-refractivity contribution >= 4 is 46.3 Å². The lowest BCUT2D eigenvalue weighted by Gasteiger charge is -2.09. The molecular weight excluding hydrogens is 386 g/mol. The topological polar surface area (TPSA) is 92.2 Å². The molecule has 1 aliphatic carbocycles. The molecule has 4 rings (SSSR count). The lowest BCUT2D eigenvalue weighted by atomic mass is 10.2. The summed E-state index contributed by atoms with van der Waals surface area (Å²) in [6, 6.07) is 14.9. The van der Waals surface area contributed by atoms with Gasteiger partial charge in [-0.25, -0.2) is 14.8 Å². The Morgan fingerprint density at radius 2 is 1.86 bits per heavy atom. The molecule has 2 N–H and O–H groups in total. The van der Waals surface area contributed by atoms with Gasteiger partial charge < -0.3 is 10.4 Å². The maximum Gasteiger partial charge on any atom is 0.328 e. The van der Waals surface area contributed by atoms with E-state index in [9.17, 15) is 9.59 Å². The Bertz CT molecular complexity index is 1090. The molecule has 0 saturated heterocycles. The highest BCUT2D eigenvalue weighted by Gasteiger charge is 2.27. The normalized spacial score (nSPS) is 13.7. The highest BCUT2D eigenvalue weighted by atomic mass is 32.2. The van der Waals surface area contributed by atoms with Crippen LogP contribution < -0.4 is 5.32 Å². The molecule has 0 radical (unpaired) electrons. The number of carboxylic acid groups (broad SMARTS) is 1. The Morgan fingerprint density at radius 1 is 1.10 bits per heavy atom. The van der Waals surface area contributed by atoms with Gasteiger partial charge in [-0.05, 0) is 42.7 Å². The SMILES string of the molecule is O=C(O)C=Cc1ccc(NC(=O)CSc2nc(C3CC3)nc3ccccc23)cc1. The minimum Gasteiger partial charge on any atom is -0.478 e. The molecule has 29 heavy (non-hydrogen) atoms. The zero-order valence-corrected chi connectivity index (χ0v) is 16.4. The first-order valence-corrected chi connectivity index (χ1v) is 10.3. The summed E-state index contributed by atoms with van der Waals surface area (Å²) in [5, 5.41) is 13.3. The van der Waals surface area contributed by atoms with Gasteiger partial charge in [0.1, 0.15) is 10.9 Å². The van der Waals surface area contributed by atoms with Gasteiger partial charge in [0.05, 0.1) is 11.3 Å². The van der Waals surface area contributed by atoms with Crippen molar-refractivity contribution in [1.82, 2.24) is 9.97 Å². The first-order chi connectivity index (χ1) is 14.1. The lowest BCUT2D eigenvalue weighted by Crippen LogP contribution is -2.14. The van der Waals surface area contributed by atoms with Gasteiger partial charge in [-0.3, -0.25) is 4.79 Å². The van der Waals surface area contributed by atoms with Gasteiger partial charge in [0.25, 0.3) is 0 Å². The summed E-state index contributed by atoms with van der Waals surface area (Å²) in [5.41, 5.74) is 2.33. The van der Waals surface area contributed by atoms with E-state index in [1.54, 1.807) is 24.3 Å². The molecule has 0 aliphatic heterocycles. The number of aliphatic carboxylic acids is 1. The predicted molar refractivity (Wildman–Crippen MR) is 114 cm³/mol. The number of para-hydroxylation sites is 1. The van der Waals surface area contributed by atoms with E-state index in [2.05, 4.69) is 10.3 Å². The van der Waals surface area contributed by atoms with Gasteiger partial charge in [0, 0.05) is 23.1 Å². The summed E-state index contributed by atoms with van der Waals surface area (Å²) in [6.07, 6.45) is 4.83. The molecule has 1 amide bonds. The molecule has 3 aromatic rings. The summed E-state index contributed by atoms with van der Waals surface area (Å²) in [4.78, 5) is 32.3. The van der Waals surface area contributed by atoms with Crippen LogP contribution >= 0.6 is 11.8 Å². The van der Waals surface area contributed by atoms with Gasteiger partial charge >= 0.3 is 5.97 Å². The average molecular weight is 405 g/mol. The number of nitrogens with one attached hydrogen (secondary N) is 1. The van der Waals surface area contributed by atoms with E-state index in [-0.39, 0.29) is 11.7 Å². The quantitative estimate of drug-likeness (QED) is 0.345. The van der Waals surface area contributed by atoms with Crippen molar-refractivity contribution in [3.05, 3.63) is 66.0 Å². The molecule has 7 heteroatoms. The van der Waals surface area contributed by atoms with E-state index in [1.807, 2.05) is 24.3 Å². The summed E-state index contributed by atoms with van der Waals surface area (Å²) in [5.74, 6) is 0.435. The van der Waals surface area contributed by atoms with Crippen LogP contribution in [-0.2, 0) is 9.59 Å². The van der Waals surface area contributed by atoms with Crippen LogP contribution in [-0.4, -0.2) is 32.7 Å². The number of carbonyl (C=O) groups is 2. The van der Waals surface area contributed by atoms with Crippen LogP contribution in [0.4, 0.5) is 5.69 Å². The van der Waals surface area contributed by atoms with Crippen molar-refractivity contribution in [1.29, 1.82) is 0 Å². The Balaban J connectivity index is 1.41. The number of nitrogens with zero attached hydrogens (tertiary/aromatic N) is 2. The number of fused-ring (bicyclic) bond motifs is 1. The molecule has 1 aliphatic rings. The Kier molecular flexibility index (Phi) is 5.57. The smallest absolute Gasteiger partial charge is 0.328 e. The fourth-order valence-electron chi connectivity index (χ4n) is 2.87. The third-order valence-corrected chi connectivity index (χ3v) is 5.47. The number of hydrogen-bond donors (Lipinski definition) is 2. The Labute approximate surface area is 172 Å². The molecular formula is C22H19N3O3S. The van der Waals surface area contributed by atoms with Crippen molar-refractivity contribution in [3.63, 3.8) is 0 Å². The first kappa shape index (κ1) is 19.1. The predicted octanol–water partition coefficient (Wildman–Crippen LogP) is 4.34. The van der Waals surface area contributed by atoms with Crippen molar-refractivity contribution in [3.8, 4) is 0 Å². The molecule has 146 valence electrons. The summed E-state index contributed by atoms with van der Waals surface area (Å²) < 4.78 is 0. The second kappa shape index (κ2) is 8.45. The molecule has 1 fully saturated rings. The number of thioether (sulfide) groups is 1. The standard InChI is InChI=1S/C22H19N3O3S/c26-19(23-16-10-5-14(6-11-16)7-12-20(27)28)13-29-22-17-3-1-2-4-18(17)24-21(25-22)15-8-9-15/h1-7,10-12,15H,8-9,13H2,(H,23,26)(H,27,28). The van der Waals surface area contributed by atoms with Crippen LogP contribution in [0, 0.1) is 0 Å². The summed E-state index contributed by atoms with van der Waals surface area (Å²) in [7, 11) is 0. The summed E-state index contributed by atoms with van der Waals surface area (Å²) >= 11 is 1.41. The fourth-order valence-corrected chi connectivity index (χ4v) is 3.70. The average Bonchev–Trinajstić information content (AvgIpc) is 3.57. The van der Waals surface area contributed by atoms with E-state index >= 15 is 0 Å². The zero-order chi connectivity index (χ0) is 20.2. The molecule has 1 aromatic heterocycles. The van der Waals surface area contributed by atoms with Gasteiger partial charge in [0.2, 0.25) is 5.91 Å². The number of hydrogen-bond acceptors (Lipinski definition) is 5. The molecule has 0 atom stereocenters. The number of rotatable bonds is 7. The second-order valence-electron chi connectivity index (χ2n) is 6.81. The van der Waals surface area contributed by atoms with E-state index in [1.165, 1.54) is 17.8 Å². The van der Waals surface area contributed by atoms with Crippen LogP contribution in [0.1, 0.15) is 30.1 Å². The third kappa shape index (κ3) is 5.00. The highest BCUT2D eigenvalue weighted by molar-refractivity contribution is 8.00. The summed E-state index contributed by atoms with van der Waals surface area (Å²) in [6.45, 7) is 0. The molecule has 1 heterocycles. The fraction of sp³-hybridized carbons (Fsp3) is 0.182. The molecule has 2 aromatic carbocycles. The van der Waals surface area contributed by atoms with E-state index in [0.717, 1.165) is 46.2 Å². The number of carbonyl (C=O) groups excluding carboxylic acids is 1. The Hall–Kier alpha value is -3.19. The number of benzene rings is 2. The van der Waals surface area contributed by atoms with Crippen LogP contribution in [0.25, 0.3) is 17.0 Å². The Morgan fingerprint density at radius 3 is 2.59 bits per heavy atom. The van der Waals surface area contributed by atoms with Crippen molar-refractivity contribution in [2.24, 2.45) is 0 Å². The highest BCUT2D eigenvalue weighted by Crippen LogP contribution is 2.39. The monoisotopic (exact) mass is 405 g/mol. The van der Waals surface area contributed by atoms with E-state index in [0.29, 0.717) is 11.6 Å². The van der Waals surface area contributed by atoms with E-state index in [4.69, 9.17) is 10.1 Å². The van der Waals surface area contributed by atoms with Crippen molar-refractivity contribution in [2.45, 2.75) is 23.8 Å². The van der Waals surface area contributed by atoms with Crippen LogP contribution in [0.2, 0.25) is 0 Å². The number of amides is 1. The van der Waals surface area contributed by atoms with Crippen LogP contribution in [0.15, 0.2) is 59.6 Å². The first-order valence-electron chi connectivity index (χ1n) is 9.29. The molecule has 1 saturated carbocycles. The second-order valence-corrected chi connectivity index (χ2v) is 7.77. The molecule has 0 spiro atoms. The maximum absolute atomic E-state index is 12.4. The zero-order valence-electron chi connectivity index (χ0n) is 15.5. The van der Waals surface area contributed by atoms with Gasteiger partial charge in [-0.1, -0.05) is 42.1 Å². The van der Waals surface area contributed by atoms with Gasteiger partial charge in [-0.2, -0.15) is 0 Å². The van der Waals surface area contributed by atoms with Gasteiger partial charge in [-0.15, -0.1) is 0 Å².